The molecule has 1 aliphatic carbocycles. The van der Waals surface area contributed by atoms with Crippen molar-refractivity contribution in [1.29, 1.82) is 0 Å². The highest BCUT2D eigenvalue weighted by atomic mass is 16.7. The molecule has 1 saturated carbocycles. The Bertz CT molecular complexity index is 528. The van der Waals surface area contributed by atoms with Crippen molar-refractivity contribution in [3.8, 4) is 5.75 Å². The number of hydrogen-bond donors (Lipinski definition) is 1. The van der Waals surface area contributed by atoms with Crippen molar-refractivity contribution in [2.75, 3.05) is 12.4 Å². The van der Waals surface area contributed by atoms with Crippen LogP contribution < -0.4 is 15.6 Å². The molecule has 0 aromatic carbocycles. The maximum absolute atomic E-state index is 6.03. The number of hydrogen-bond acceptors (Lipinski definition) is 5. The Kier molecular flexibility index (Phi) is 3.41. The summed E-state index contributed by atoms with van der Waals surface area (Å²) in [7, 11) is 1.43. The molecule has 1 aromatic heterocycles. The number of ether oxygens (including phenoxy) is 1. The highest BCUT2D eigenvalue weighted by Gasteiger charge is 2.52. The van der Waals surface area contributed by atoms with Crippen LogP contribution in [0.25, 0.3) is 0 Å². The SMILES string of the molecule is CNc1cc(B2OC(C)(C)C(C)(C)O2)ncc1OC1CC1. The Morgan fingerprint density at radius 2 is 1.86 bits per heavy atom. The topological polar surface area (TPSA) is 52.6 Å². The van der Waals surface area contributed by atoms with Crippen LogP contribution in [0, 0.1) is 0 Å². The average molecular weight is 290 g/mol. The minimum Gasteiger partial charge on any atom is -0.487 e. The summed E-state index contributed by atoms with van der Waals surface area (Å²) in [4.78, 5) is 4.47. The molecule has 2 fully saturated rings. The molecule has 0 atom stereocenters. The lowest BCUT2D eigenvalue weighted by atomic mass is 9.84. The Hall–Kier alpha value is -1.27. The molecule has 0 unspecified atom stereocenters. The van der Waals surface area contributed by atoms with Crippen molar-refractivity contribution in [3.63, 3.8) is 0 Å². The van der Waals surface area contributed by atoms with Gasteiger partial charge < -0.3 is 19.4 Å². The number of nitrogens with zero attached hydrogens (tertiary/aromatic N) is 1. The van der Waals surface area contributed by atoms with Crippen LogP contribution >= 0.6 is 0 Å². The van der Waals surface area contributed by atoms with Crippen LogP contribution in [0.15, 0.2) is 12.3 Å². The standard InChI is InChI=1S/C15H23BN2O3/c1-14(2)15(3,4)21-16(20-14)13-8-11(17-5)12(9-18-13)19-10-6-7-10/h8-10H,6-7H2,1-5H3,(H,17,18). The van der Waals surface area contributed by atoms with E-state index in [9.17, 15) is 0 Å². The van der Waals surface area contributed by atoms with E-state index in [1.165, 1.54) is 0 Å². The van der Waals surface area contributed by atoms with Gasteiger partial charge in [0.2, 0.25) is 0 Å². The molecule has 114 valence electrons. The van der Waals surface area contributed by atoms with E-state index in [-0.39, 0.29) is 11.2 Å². The van der Waals surface area contributed by atoms with Crippen LogP contribution in [0.5, 0.6) is 5.75 Å². The summed E-state index contributed by atoms with van der Waals surface area (Å²) < 4.78 is 17.9. The summed E-state index contributed by atoms with van der Waals surface area (Å²) >= 11 is 0. The molecule has 0 bridgehead atoms. The van der Waals surface area contributed by atoms with Crippen LogP contribution in [0.3, 0.4) is 0 Å². The van der Waals surface area contributed by atoms with E-state index in [2.05, 4.69) is 10.3 Å². The highest BCUT2D eigenvalue weighted by molar-refractivity contribution is 6.61. The third-order valence-electron chi connectivity index (χ3n) is 4.47. The Balaban J connectivity index is 1.83. The van der Waals surface area contributed by atoms with Gasteiger partial charge in [-0.25, -0.2) is 0 Å². The summed E-state index contributed by atoms with van der Waals surface area (Å²) in [5.74, 6) is 0.792. The minimum absolute atomic E-state index is 0.349. The van der Waals surface area contributed by atoms with E-state index < -0.39 is 7.12 Å². The van der Waals surface area contributed by atoms with E-state index in [0.29, 0.717) is 6.10 Å². The molecule has 0 spiro atoms. The van der Waals surface area contributed by atoms with Gasteiger partial charge in [0.15, 0.2) is 5.75 Å². The zero-order chi connectivity index (χ0) is 15.3. The zero-order valence-corrected chi connectivity index (χ0v) is 13.4. The number of pyridine rings is 1. The molecular weight excluding hydrogens is 267 g/mol. The first kappa shape index (κ1) is 14.7. The second kappa shape index (κ2) is 4.88. The van der Waals surface area contributed by atoms with Gasteiger partial charge in [0, 0.05) is 7.05 Å². The molecule has 1 aliphatic heterocycles. The van der Waals surface area contributed by atoms with Crippen molar-refractivity contribution < 1.29 is 14.0 Å². The van der Waals surface area contributed by atoms with Crippen molar-refractivity contribution in [3.05, 3.63) is 12.3 Å². The van der Waals surface area contributed by atoms with Gasteiger partial charge in [0.05, 0.1) is 34.8 Å². The first-order chi connectivity index (χ1) is 9.82. The maximum Gasteiger partial charge on any atom is 0.514 e. The fourth-order valence-corrected chi connectivity index (χ4v) is 2.21. The van der Waals surface area contributed by atoms with Gasteiger partial charge in [-0.1, -0.05) is 0 Å². The first-order valence-corrected chi connectivity index (χ1v) is 7.52. The zero-order valence-electron chi connectivity index (χ0n) is 13.4. The van der Waals surface area contributed by atoms with Crippen LogP contribution in [0.2, 0.25) is 0 Å². The Morgan fingerprint density at radius 1 is 1.24 bits per heavy atom. The molecular formula is C15H23BN2O3. The van der Waals surface area contributed by atoms with Gasteiger partial charge in [-0.2, -0.15) is 0 Å². The molecule has 1 N–H and O–H groups in total. The second-order valence-electron chi connectivity index (χ2n) is 6.76. The number of anilines is 1. The molecule has 2 heterocycles. The van der Waals surface area contributed by atoms with E-state index in [0.717, 1.165) is 29.9 Å². The fraction of sp³-hybridized carbons (Fsp3) is 0.667. The molecule has 1 aromatic rings. The van der Waals surface area contributed by atoms with Gasteiger partial charge >= 0.3 is 7.12 Å². The van der Waals surface area contributed by atoms with Gasteiger partial charge in [0.25, 0.3) is 0 Å². The summed E-state index contributed by atoms with van der Waals surface area (Å²) in [6.45, 7) is 8.15. The smallest absolute Gasteiger partial charge is 0.487 e. The van der Waals surface area contributed by atoms with Crippen molar-refractivity contribution in [2.45, 2.75) is 57.8 Å². The van der Waals surface area contributed by atoms with E-state index >= 15 is 0 Å². The molecule has 5 nitrogen and oxygen atoms in total. The van der Waals surface area contributed by atoms with E-state index in [1.807, 2.05) is 40.8 Å². The fourth-order valence-electron chi connectivity index (χ4n) is 2.21. The number of aromatic nitrogens is 1. The second-order valence-corrected chi connectivity index (χ2v) is 6.76. The summed E-state index contributed by atoms with van der Waals surface area (Å²) in [6.07, 6.45) is 4.36. The monoisotopic (exact) mass is 290 g/mol. The molecule has 6 heteroatoms. The first-order valence-electron chi connectivity index (χ1n) is 7.52. The summed E-state index contributed by atoms with van der Waals surface area (Å²) in [5, 5.41) is 3.16. The van der Waals surface area contributed by atoms with Crippen LogP contribution in [0.1, 0.15) is 40.5 Å². The lowest BCUT2D eigenvalue weighted by Gasteiger charge is -2.32. The molecule has 2 aliphatic rings. The number of nitrogens with one attached hydrogen (secondary N) is 1. The lowest BCUT2D eigenvalue weighted by Crippen LogP contribution is -2.41. The lowest BCUT2D eigenvalue weighted by molar-refractivity contribution is 0.00578. The molecule has 0 radical (unpaired) electrons. The highest BCUT2D eigenvalue weighted by Crippen LogP contribution is 2.37. The predicted octanol–water partition coefficient (Wildman–Crippen LogP) is 1.96. The van der Waals surface area contributed by atoms with Crippen LogP contribution in [0.4, 0.5) is 5.69 Å². The predicted molar refractivity (Wildman–Crippen MR) is 83.1 cm³/mol. The molecule has 21 heavy (non-hydrogen) atoms. The average Bonchev–Trinajstić information content (AvgIpc) is 3.17. The minimum atomic E-state index is -0.447. The normalized spacial score (nSPS) is 23.2. The maximum atomic E-state index is 6.03. The van der Waals surface area contributed by atoms with Crippen molar-refractivity contribution in [1.82, 2.24) is 4.98 Å². The van der Waals surface area contributed by atoms with Gasteiger partial charge in [-0.15, -0.1) is 0 Å². The Labute approximate surface area is 126 Å². The third-order valence-corrected chi connectivity index (χ3v) is 4.47. The largest absolute Gasteiger partial charge is 0.514 e. The number of rotatable bonds is 4. The van der Waals surface area contributed by atoms with Crippen molar-refractivity contribution >= 4 is 18.4 Å². The van der Waals surface area contributed by atoms with E-state index in [1.54, 1.807) is 6.20 Å². The molecule has 1 saturated heterocycles. The Morgan fingerprint density at radius 3 is 2.38 bits per heavy atom. The van der Waals surface area contributed by atoms with Gasteiger partial charge in [-0.3, -0.25) is 4.98 Å². The summed E-state index contributed by atoms with van der Waals surface area (Å²) in [5.41, 5.74) is 0.966. The van der Waals surface area contributed by atoms with Crippen LogP contribution in [-0.2, 0) is 9.31 Å². The third kappa shape index (κ3) is 2.74. The van der Waals surface area contributed by atoms with Gasteiger partial charge in [0.1, 0.15) is 0 Å². The molecule has 3 rings (SSSR count). The quantitative estimate of drug-likeness (QED) is 0.859. The summed E-state index contributed by atoms with van der Waals surface area (Å²) in [6, 6.07) is 1.94. The molecule has 0 amide bonds. The van der Waals surface area contributed by atoms with Gasteiger partial charge in [-0.05, 0) is 46.6 Å². The van der Waals surface area contributed by atoms with Crippen LogP contribution in [-0.4, -0.2) is 36.5 Å². The van der Waals surface area contributed by atoms with Crippen molar-refractivity contribution in [2.24, 2.45) is 0 Å². The van der Waals surface area contributed by atoms with E-state index in [4.69, 9.17) is 14.0 Å².